The van der Waals surface area contributed by atoms with Crippen molar-refractivity contribution in [1.29, 1.82) is 0 Å². The summed E-state index contributed by atoms with van der Waals surface area (Å²) in [5.41, 5.74) is 3.08. The number of hydrogen-bond acceptors (Lipinski definition) is 2. The lowest BCUT2D eigenvalue weighted by Crippen LogP contribution is -2.31. The molecule has 0 radical (unpaired) electrons. The molecule has 2 N–H and O–H groups in total. The minimum Gasteiger partial charge on any atom is -0.380 e. The minimum atomic E-state index is -0.199. The third-order valence-corrected chi connectivity index (χ3v) is 2.22. The molecule has 0 fully saturated rings. The third-order valence-electron chi connectivity index (χ3n) is 2.22. The fraction of sp³-hybridized carbons (Fsp3) is 0.462. The summed E-state index contributed by atoms with van der Waals surface area (Å²) in [7, 11) is 0. The first kappa shape index (κ1) is 13.5. The molecule has 0 saturated carbocycles. The van der Waals surface area contributed by atoms with Crippen molar-refractivity contribution in [3.63, 3.8) is 0 Å². The van der Waals surface area contributed by atoms with E-state index in [0.29, 0.717) is 19.8 Å². The molecule has 4 heteroatoms. The Labute approximate surface area is 102 Å². The minimum absolute atomic E-state index is 0.199. The number of nitrogens with one attached hydrogen (secondary N) is 2. The van der Waals surface area contributed by atoms with Gasteiger partial charge in [-0.3, -0.25) is 0 Å². The molecule has 2 amide bonds. The molecule has 94 valence electrons. The van der Waals surface area contributed by atoms with Gasteiger partial charge in [-0.1, -0.05) is 6.07 Å². The maximum atomic E-state index is 11.5. The van der Waals surface area contributed by atoms with E-state index in [1.165, 1.54) is 0 Å². The van der Waals surface area contributed by atoms with E-state index in [9.17, 15) is 4.79 Å². The van der Waals surface area contributed by atoms with E-state index in [1.807, 2.05) is 32.9 Å². The van der Waals surface area contributed by atoms with Gasteiger partial charge in [-0.05, 0) is 44.0 Å². The molecule has 1 aromatic rings. The first-order chi connectivity index (χ1) is 8.11. The molecule has 0 aliphatic heterocycles. The van der Waals surface area contributed by atoms with Crippen LogP contribution in [0.15, 0.2) is 18.2 Å². The summed E-state index contributed by atoms with van der Waals surface area (Å²) in [6.45, 7) is 7.66. The topological polar surface area (TPSA) is 50.4 Å². The van der Waals surface area contributed by atoms with Gasteiger partial charge in [0.25, 0.3) is 0 Å². The monoisotopic (exact) mass is 236 g/mol. The third kappa shape index (κ3) is 5.36. The van der Waals surface area contributed by atoms with Crippen molar-refractivity contribution in [2.45, 2.75) is 20.8 Å². The molecule has 0 saturated heterocycles. The van der Waals surface area contributed by atoms with Crippen molar-refractivity contribution >= 4 is 11.7 Å². The van der Waals surface area contributed by atoms with Crippen LogP contribution in [0.3, 0.4) is 0 Å². The number of anilines is 1. The van der Waals surface area contributed by atoms with Gasteiger partial charge < -0.3 is 15.4 Å². The van der Waals surface area contributed by atoms with Gasteiger partial charge in [-0.2, -0.15) is 0 Å². The van der Waals surface area contributed by atoms with Gasteiger partial charge in [0, 0.05) is 18.8 Å². The van der Waals surface area contributed by atoms with E-state index >= 15 is 0 Å². The fourth-order valence-corrected chi connectivity index (χ4v) is 1.60. The van der Waals surface area contributed by atoms with E-state index < -0.39 is 0 Å². The standard InChI is InChI=1S/C13H20N2O2/c1-4-17-6-5-14-13(16)15-12-8-10(2)7-11(3)9-12/h7-9H,4-6H2,1-3H3,(H2,14,15,16). The van der Waals surface area contributed by atoms with Crippen LogP contribution in [0.5, 0.6) is 0 Å². The van der Waals surface area contributed by atoms with Crippen LogP contribution in [-0.2, 0) is 4.74 Å². The average Bonchev–Trinajstić information content (AvgIpc) is 2.23. The maximum absolute atomic E-state index is 11.5. The Morgan fingerprint density at radius 2 is 1.88 bits per heavy atom. The molecule has 1 rings (SSSR count). The SMILES string of the molecule is CCOCCNC(=O)Nc1cc(C)cc(C)c1. The normalized spacial score (nSPS) is 10.1. The molecular formula is C13H20N2O2. The van der Waals surface area contributed by atoms with Crippen LogP contribution < -0.4 is 10.6 Å². The Balaban J connectivity index is 2.39. The molecule has 0 aromatic heterocycles. The first-order valence-corrected chi connectivity index (χ1v) is 5.82. The number of carbonyl (C=O) groups excluding carboxylic acids is 1. The number of rotatable bonds is 5. The van der Waals surface area contributed by atoms with E-state index in [4.69, 9.17) is 4.74 Å². The summed E-state index contributed by atoms with van der Waals surface area (Å²) in [6.07, 6.45) is 0. The van der Waals surface area contributed by atoms with Crippen LogP contribution in [0.4, 0.5) is 10.5 Å². The molecular weight excluding hydrogens is 216 g/mol. The first-order valence-electron chi connectivity index (χ1n) is 5.82. The molecule has 1 aromatic carbocycles. The van der Waals surface area contributed by atoms with Crippen molar-refractivity contribution in [3.05, 3.63) is 29.3 Å². The number of ether oxygens (including phenoxy) is 1. The maximum Gasteiger partial charge on any atom is 0.319 e. The number of urea groups is 1. The highest BCUT2D eigenvalue weighted by Gasteiger charge is 2.01. The second kappa shape index (κ2) is 6.91. The summed E-state index contributed by atoms with van der Waals surface area (Å²) in [5.74, 6) is 0. The zero-order valence-corrected chi connectivity index (χ0v) is 10.7. The van der Waals surface area contributed by atoms with Crippen LogP contribution in [-0.4, -0.2) is 25.8 Å². The Bertz CT molecular complexity index is 357. The van der Waals surface area contributed by atoms with Crippen LogP contribution in [0.1, 0.15) is 18.1 Å². The van der Waals surface area contributed by atoms with Crippen molar-refractivity contribution in [2.24, 2.45) is 0 Å². The fourth-order valence-electron chi connectivity index (χ4n) is 1.60. The van der Waals surface area contributed by atoms with E-state index in [1.54, 1.807) is 0 Å². The predicted octanol–water partition coefficient (Wildman–Crippen LogP) is 2.46. The zero-order chi connectivity index (χ0) is 12.7. The van der Waals surface area contributed by atoms with Gasteiger partial charge in [0.15, 0.2) is 0 Å². The molecule has 17 heavy (non-hydrogen) atoms. The van der Waals surface area contributed by atoms with Crippen LogP contribution in [0, 0.1) is 13.8 Å². The molecule has 4 nitrogen and oxygen atoms in total. The lowest BCUT2D eigenvalue weighted by atomic mass is 10.1. The van der Waals surface area contributed by atoms with E-state index in [-0.39, 0.29) is 6.03 Å². The number of carbonyl (C=O) groups is 1. The van der Waals surface area contributed by atoms with Gasteiger partial charge in [0.05, 0.1) is 6.61 Å². The molecule has 0 unspecified atom stereocenters. The molecule has 0 heterocycles. The lowest BCUT2D eigenvalue weighted by molar-refractivity contribution is 0.150. The summed E-state index contributed by atoms with van der Waals surface area (Å²) in [5, 5.41) is 5.52. The second-order valence-corrected chi connectivity index (χ2v) is 3.95. The Hall–Kier alpha value is -1.55. The average molecular weight is 236 g/mol. The lowest BCUT2D eigenvalue weighted by Gasteiger charge is -2.09. The smallest absolute Gasteiger partial charge is 0.319 e. The molecule has 0 aliphatic rings. The summed E-state index contributed by atoms with van der Waals surface area (Å²) < 4.78 is 5.13. The summed E-state index contributed by atoms with van der Waals surface area (Å²) in [6, 6.07) is 5.75. The molecule has 0 bridgehead atoms. The molecule has 0 spiro atoms. The van der Waals surface area contributed by atoms with Gasteiger partial charge in [0.1, 0.15) is 0 Å². The highest BCUT2D eigenvalue weighted by Crippen LogP contribution is 2.13. The molecule has 0 aliphatic carbocycles. The second-order valence-electron chi connectivity index (χ2n) is 3.95. The van der Waals surface area contributed by atoms with Gasteiger partial charge in [-0.15, -0.1) is 0 Å². The quantitative estimate of drug-likeness (QED) is 0.772. The Kier molecular flexibility index (Phi) is 5.49. The summed E-state index contributed by atoms with van der Waals surface area (Å²) in [4.78, 5) is 11.5. The summed E-state index contributed by atoms with van der Waals surface area (Å²) >= 11 is 0. The number of hydrogen-bond donors (Lipinski definition) is 2. The zero-order valence-electron chi connectivity index (χ0n) is 10.7. The van der Waals surface area contributed by atoms with Crippen molar-refractivity contribution in [3.8, 4) is 0 Å². The van der Waals surface area contributed by atoms with Crippen molar-refractivity contribution in [2.75, 3.05) is 25.1 Å². The van der Waals surface area contributed by atoms with Crippen LogP contribution in [0.25, 0.3) is 0 Å². The number of amides is 2. The van der Waals surface area contributed by atoms with Crippen molar-refractivity contribution < 1.29 is 9.53 Å². The van der Waals surface area contributed by atoms with E-state index in [2.05, 4.69) is 16.7 Å². The Morgan fingerprint density at radius 1 is 1.24 bits per heavy atom. The largest absolute Gasteiger partial charge is 0.380 e. The Morgan fingerprint density at radius 3 is 2.47 bits per heavy atom. The van der Waals surface area contributed by atoms with Crippen LogP contribution in [0.2, 0.25) is 0 Å². The van der Waals surface area contributed by atoms with E-state index in [0.717, 1.165) is 16.8 Å². The highest BCUT2D eigenvalue weighted by atomic mass is 16.5. The van der Waals surface area contributed by atoms with Gasteiger partial charge in [-0.25, -0.2) is 4.79 Å². The predicted molar refractivity (Wildman–Crippen MR) is 69.4 cm³/mol. The highest BCUT2D eigenvalue weighted by molar-refractivity contribution is 5.89. The molecule has 0 atom stereocenters. The number of aryl methyl sites for hydroxylation is 2. The van der Waals surface area contributed by atoms with Crippen molar-refractivity contribution in [1.82, 2.24) is 5.32 Å². The van der Waals surface area contributed by atoms with Gasteiger partial charge in [0.2, 0.25) is 0 Å². The number of benzene rings is 1. The van der Waals surface area contributed by atoms with Crippen LogP contribution >= 0.6 is 0 Å². The van der Waals surface area contributed by atoms with Gasteiger partial charge >= 0.3 is 6.03 Å².